The zero-order chi connectivity index (χ0) is 44.1. The number of alkyl halides is 12. The van der Waals surface area contributed by atoms with Crippen molar-refractivity contribution < 1.29 is 71.6 Å². The fraction of sp³-hybridized carbons (Fsp3) is 0.150. The van der Waals surface area contributed by atoms with E-state index in [1.54, 1.807) is 0 Å². The monoisotopic (exact) mass is 856 g/mol. The van der Waals surface area contributed by atoms with E-state index in [4.69, 9.17) is 41.9 Å². The molecule has 0 saturated carbocycles. The van der Waals surface area contributed by atoms with Crippen LogP contribution in [0.25, 0.3) is 0 Å². The van der Waals surface area contributed by atoms with Gasteiger partial charge in [-0.2, -0.15) is 52.7 Å². The van der Waals surface area contributed by atoms with Crippen molar-refractivity contribution >= 4 is 22.7 Å². The molecule has 0 bridgehead atoms. The Bertz CT molecular complexity index is 2130. The SMILES string of the molecule is Nc1ccc(OC2(Oc3ccc(N)cc3C(F)(F)F)C=CC(=C3C=CC(Oc4ccc(N)cc4C(F)(F)F)(Oc4ccc(N)cc4C(F)(F)F)C=C3)C=C2)c(C(F)(F)F)c1. The van der Waals surface area contributed by atoms with Gasteiger partial charge in [0.25, 0.3) is 11.6 Å². The number of nitrogens with two attached hydrogens (primary N) is 4. The number of rotatable bonds is 8. The molecular formula is C40H28F12N4O4. The molecule has 0 spiro atoms. The Balaban J connectivity index is 1.43. The number of halogens is 12. The molecule has 60 heavy (non-hydrogen) atoms. The second-order valence-electron chi connectivity index (χ2n) is 13.1. The maximum absolute atomic E-state index is 14.1. The summed E-state index contributed by atoms with van der Waals surface area (Å²) in [6.07, 6.45) is -11.7. The largest absolute Gasteiger partial charge is 0.445 e. The number of hydrogen-bond acceptors (Lipinski definition) is 8. The molecule has 4 aromatic carbocycles. The van der Waals surface area contributed by atoms with E-state index in [1.807, 2.05) is 0 Å². The van der Waals surface area contributed by atoms with Gasteiger partial charge in [0.05, 0.1) is 22.3 Å². The molecular weight excluding hydrogens is 828 g/mol. The molecule has 0 heterocycles. The second kappa shape index (κ2) is 15.1. The van der Waals surface area contributed by atoms with Crippen molar-refractivity contribution in [3.05, 3.63) is 155 Å². The summed E-state index contributed by atoms with van der Waals surface area (Å²) in [5.74, 6) is -8.65. The van der Waals surface area contributed by atoms with Gasteiger partial charge in [-0.25, -0.2) is 0 Å². The summed E-state index contributed by atoms with van der Waals surface area (Å²) in [6, 6.07) is 9.65. The molecule has 0 fully saturated rings. The van der Waals surface area contributed by atoms with Gasteiger partial charge in [0.1, 0.15) is 23.0 Å². The van der Waals surface area contributed by atoms with E-state index in [1.165, 1.54) is 0 Å². The van der Waals surface area contributed by atoms with Crippen molar-refractivity contribution in [2.45, 2.75) is 36.3 Å². The first-order valence-corrected chi connectivity index (χ1v) is 16.9. The molecule has 0 aromatic heterocycles. The number of nitrogen functional groups attached to an aromatic ring is 4. The van der Waals surface area contributed by atoms with Gasteiger partial charge in [-0.1, -0.05) is 24.3 Å². The van der Waals surface area contributed by atoms with E-state index in [0.717, 1.165) is 97.1 Å². The Morgan fingerprint density at radius 3 is 0.717 bits per heavy atom. The molecule has 0 radical (unpaired) electrons. The van der Waals surface area contributed by atoms with E-state index < -0.39 is 81.5 Å². The molecule has 0 amide bonds. The Kier molecular flexibility index (Phi) is 10.7. The Morgan fingerprint density at radius 1 is 0.333 bits per heavy atom. The number of benzene rings is 4. The van der Waals surface area contributed by atoms with Crippen molar-refractivity contribution in [1.82, 2.24) is 0 Å². The van der Waals surface area contributed by atoms with E-state index in [-0.39, 0.29) is 33.9 Å². The van der Waals surface area contributed by atoms with Gasteiger partial charge in [0, 0.05) is 47.1 Å². The Labute approximate surface area is 331 Å². The smallest absolute Gasteiger partial charge is 0.420 e. The highest BCUT2D eigenvalue weighted by atomic mass is 19.4. The van der Waals surface area contributed by atoms with Crippen LogP contribution < -0.4 is 41.9 Å². The predicted octanol–water partition coefficient (Wildman–Crippen LogP) is 10.6. The minimum Gasteiger partial charge on any atom is -0.445 e. The van der Waals surface area contributed by atoms with Crippen molar-refractivity contribution in [2.75, 3.05) is 22.9 Å². The molecule has 8 N–H and O–H groups in total. The van der Waals surface area contributed by atoms with Crippen molar-refractivity contribution in [2.24, 2.45) is 0 Å². The summed E-state index contributed by atoms with van der Waals surface area (Å²) in [7, 11) is 0. The molecule has 0 aliphatic heterocycles. The van der Waals surface area contributed by atoms with Gasteiger partial charge in [-0.15, -0.1) is 0 Å². The number of allylic oxidation sites excluding steroid dienone is 6. The molecule has 6 rings (SSSR count). The highest BCUT2D eigenvalue weighted by Crippen LogP contribution is 2.46. The van der Waals surface area contributed by atoms with Crippen LogP contribution >= 0.6 is 0 Å². The van der Waals surface area contributed by atoms with Crippen LogP contribution in [-0.2, 0) is 24.7 Å². The lowest BCUT2D eigenvalue weighted by molar-refractivity contribution is -0.145. The molecule has 4 aromatic rings. The second-order valence-corrected chi connectivity index (χ2v) is 13.1. The predicted molar refractivity (Wildman–Crippen MR) is 195 cm³/mol. The van der Waals surface area contributed by atoms with Gasteiger partial charge in [-0.3, -0.25) is 0 Å². The summed E-state index contributed by atoms with van der Waals surface area (Å²) in [4.78, 5) is 0. The molecule has 20 heteroatoms. The van der Waals surface area contributed by atoms with Crippen LogP contribution in [0.4, 0.5) is 75.4 Å². The van der Waals surface area contributed by atoms with E-state index in [9.17, 15) is 52.7 Å². The maximum Gasteiger partial charge on any atom is 0.420 e. The number of ether oxygens (including phenoxy) is 4. The lowest BCUT2D eigenvalue weighted by Crippen LogP contribution is -2.41. The molecule has 316 valence electrons. The standard InChI is InChI=1S/C40H28F12N4O4/c41-37(42,43)27-17-23(53)1-5-31(27)57-35(58-32-6-2-24(54)18-28(32)38(44,45)46)13-9-21(10-14-35)22-11-15-36(16-12-22,59-33-7-3-25(55)19-29(33)39(47,48)49)60-34-8-4-26(56)20-30(34)40(50,51)52/h1-20H,53-56H2. The molecule has 0 atom stereocenters. The van der Waals surface area contributed by atoms with Gasteiger partial charge in [0.15, 0.2) is 0 Å². The third-order valence-electron chi connectivity index (χ3n) is 8.63. The fourth-order valence-electron chi connectivity index (χ4n) is 5.86. The third kappa shape index (κ3) is 9.37. The highest BCUT2D eigenvalue weighted by Gasteiger charge is 2.44. The van der Waals surface area contributed by atoms with Crippen LogP contribution in [0, 0.1) is 0 Å². The van der Waals surface area contributed by atoms with Crippen LogP contribution in [0.1, 0.15) is 22.3 Å². The van der Waals surface area contributed by atoms with Gasteiger partial charge in [-0.05, 0) is 83.9 Å². The lowest BCUT2D eigenvalue weighted by Gasteiger charge is -2.34. The lowest BCUT2D eigenvalue weighted by atomic mass is 9.95. The van der Waals surface area contributed by atoms with Gasteiger partial charge >= 0.3 is 24.7 Å². The summed E-state index contributed by atoms with van der Waals surface area (Å²) in [5.41, 5.74) is 15.7. The fourth-order valence-corrected chi connectivity index (χ4v) is 5.86. The van der Waals surface area contributed by atoms with Crippen LogP contribution in [0.3, 0.4) is 0 Å². The van der Waals surface area contributed by atoms with Gasteiger partial charge < -0.3 is 41.9 Å². The molecule has 0 saturated heterocycles. The first-order valence-electron chi connectivity index (χ1n) is 16.9. The van der Waals surface area contributed by atoms with Crippen LogP contribution in [0.2, 0.25) is 0 Å². The van der Waals surface area contributed by atoms with Crippen molar-refractivity contribution in [3.8, 4) is 23.0 Å². The van der Waals surface area contributed by atoms with Crippen LogP contribution in [0.15, 0.2) is 133 Å². The molecule has 8 nitrogen and oxygen atoms in total. The zero-order valence-corrected chi connectivity index (χ0v) is 30.0. The minimum atomic E-state index is -5.06. The van der Waals surface area contributed by atoms with Crippen molar-refractivity contribution in [1.29, 1.82) is 0 Å². The summed E-state index contributed by atoms with van der Waals surface area (Å²) < 4.78 is 192. The normalized spacial score (nSPS) is 16.2. The molecule has 2 aliphatic carbocycles. The van der Waals surface area contributed by atoms with Crippen LogP contribution in [0.5, 0.6) is 23.0 Å². The first-order chi connectivity index (χ1) is 27.8. The van der Waals surface area contributed by atoms with Crippen LogP contribution in [-0.4, -0.2) is 11.6 Å². The minimum absolute atomic E-state index is 0.132. The first kappa shape index (κ1) is 42.7. The van der Waals surface area contributed by atoms with Crippen molar-refractivity contribution in [3.63, 3.8) is 0 Å². The van der Waals surface area contributed by atoms with E-state index >= 15 is 0 Å². The number of hydrogen-bond donors (Lipinski definition) is 4. The molecule has 2 aliphatic rings. The third-order valence-corrected chi connectivity index (χ3v) is 8.63. The zero-order valence-electron chi connectivity index (χ0n) is 30.0. The summed E-state index contributed by atoms with van der Waals surface area (Å²) >= 11 is 0. The highest BCUT2D eigenvalue weighted by molar-refractivity contribution is 5.57. The maximum atomic E-state index is 14.1. The quantitative estimate of drug-likeness (QED) is 0.0780. The topological polar surface area (TPSA) is 141 Å². The Morgan fingerprint density at radius 2 is 0.533 bits per heavy atom. The average molecular weight is 857 g/mol. The Hall–Kier alpha value is -6.86. The average Bonchev–Trinajstić information content (AvgIpc) is 3.14. The van der Waals surface area contributed by atoms with E-state index in [0.29, 0.717) is 24.3 Å². The molecule has 0 unspecified atom stereocenters. The summed E-state index contributed by atoms with van der Waals surface area (Å²) in [6.45, 7) is 0. The number of anilines is 4. The summed E-state index contributed by atoms with van der Waals surface area (Å²) in [5, 5.41) is 0. The van der Waals surface area contributed by atoms with E-state index in [2.05, 4.69) is 0 Å². The van der Waals surface area contributed by atoms with Gasteiger partial charge in [0.2, 0.25) is 0 Å².